The molecule has 0 atom stereocenters. The zero-order valence-corrected chi connectivity index (χ0v) is 11.0. The number of nitrogens with zero attached hydrogens (tertiary/aromatic N) is 1. The van der Waals surface area contributed by atoms with Crippen molar-refractivity contribution in [1.82, 2.24) is 0 Å². The highest BCUT2D eigenvalue weighted by Crippen LogP contribution is 2.28. The smallest absolute Gasteiger partial charge is 0.365 e. The zero-order valence-electron chi connectivity index (χ0n) is 10.2. The lowest BCUT2D eigenvalue weighted by molar-refractivity contribution is -0.137. The second-order valence-corrected chi connectivity index (χ2v) is 3.97. The minimum atomic E-state index is -3.81. The molecule has 1 aromatic carbocycles. The van der Waals surface area contributed by atoms with Gasteiger partial charge >= 0.3 is 11.4 Å². The number of hydrogen-bond donors (Lipinski definition) is 0. The van der Waals surface area contributed by atoms with Gasteiger partial charge in [-0.05, 0) is 30.7 Å². The number of rotatable bonds is 5. The summed E-state index contributed by atoms with van der Waals surface area (Å²) in [5.74, 6) is -0.975. The first-order chi connectivity index (χ1) is 8.86. The lowest BCUT2D eigenvalue weighted by Crippen LogP contribution is -2.28. The van der Waals surface area contributed by atoms with E-state index in [-0.39, 0.29) is 12.3 Å². The summed E-state index contributed by atoms with van der Waals surface area (Å²) in [4.78, 5) is 15.1. The van der Waals surface area contributed by atoms with Crippen LogP contribution in [0.3, 0.4) is 0 Å². The van der Waals surface area contributed by atoms with Gasteiger partial charge < -0.3 is 4.74 Å². The Morgan fingerprint density at radius 3 is 2.47 bits per heavy atom. The first-order valence-electron chi connectivity index (χ1n) is 5.43. The number of aliphatic imine (C=N–C) groups is 1. The molecule has 0 bridgehead atoms. The average Bonchev–Trinajstić information content (AvgIpc) is 2.35. The first kappa shape index (κ1) is 15.3. The Kier molecular flexibility index (Phi) is 5.18. The van der Waals surface area contributed by atoms with Crippen molar-refractivity contribution < 1.29 is 18.3 Å². The molecule has 0 aromatic heterocycles. The fourth-order valence-corrected chi connectivity index (χ4v) is 1.40. The molecule has 0 aliphatic carbocycles. The highest BCUT2D eigenvalue weighted by atomic mass is 35.5. The van der Waals surface area contributed by atoms with Crippen LogP contribution in [0.4, 0.5) is 14.5 Å². The maximum absolute atomic E-state index is 13.3. The summed E-state index contributed by atoms with van der Waals surface area (Å²) < 4.78 is 31.2. The van der Waals surface area contributed by atoms with E-state index in [4.69, 9.17) is 11.6 Å². The van der Waals surface area contributed by atoms with Crippen LogP contribution in [0.15, 0.2) is 47.5 Å². The number of para-hydroxylation sites is 1. The Morgan fingerprint density at radius 2 is 2.00 bits per heavy atom. The van der Waals surface area contributed by atoms with Crippen molar-refractivity contribution in [3.63, 3.8) is 0 Å². The normalized spacial score (nSPS) is 12.1. The maximum atomic E-state index is 13.3. The highest BCUT2D eigenvalue weighted by molar-refractivity contribution is 6.40. The van der Waals surface area contributed by atoms with Crippen molar-refractivity contribution >= 4 is 29.0 Å². The van der Waals surface area contributed by atoms with Gasteiger partial charge in [0.25, 0.3) is 0 Å². The third-order valence-electron chi connectivity index (χ3n) is 2.07. The SMILES string of the molecule is C=C(C(=O)OCC)C(=Nc1ccccc1)C(F)(F)Cl. The summed E-state index contributed by atoms with van der Waals surface area (Å²) >= 11 is 4.96. The molecule has 1 aromatic rings. The molecule has 102 valence electrons. The van der Waals surface area contributed by atoms with Crippen molar-refractivity contribution in [2.75, 3.05) is 6.61 Å². The number of halogens is 3. The Hall–Kier alpha value is -1.75. The molecule has 0 aliphatic heterocycles. The van der Waals surface area contributed by atoms with Gasteiger partial charge in [0, 0.05) is 0 Å². The molecule has 0 amide bonds. The zero-order chi connectivity index (χ0) is 14.5. The fraction of sp³-hybridized carbons (Fsp3) is 0.231. The van der Waals surface area contributed by atoms with Crippen molar-refractivity contribution in [2.24, 2.45) is 4.99 Å². The Balaban J connectivity index is 3.14. The maximum Gasteiger partial charge on any atom is 0.365 e. The van der Waals surface area contributed by atoms with Gasteiger partial charge in [0.05, 0.1) is 17.9 Å². The topological polar surface area (TPSA) is 38.7 Å². The van der Waals surface area contributed by atoms with Gasteiger partial charge in [-0.2, -0.15) is 8.78 Å². The molecule has 19 heavy (non-hydrogen) atoms. The lowest BCUT2D eigenvalue weighted by atomic mass is 10.2. The van der Waals surface area contributed by atoms with Crippen LogP contribution in [-0.4, -0.2) is 23.7 Å². The summed E-state index contributed by atoms with van der Waals surface area (Å²) in [6, 6.07) is 7.95. The minimum Gasteiger partial charge on any atom is -0.462 e. The number of benzene rings is 1. The van der Waals surface area contributed by atoms with Crippen molar-refractivity contribution in [2.45, 2.75) is 12.3 Å². The third kappa shape index (κ3) is 4.44. The Labute approximate surface area is 114 Å². The van der Waals surface area contributed by atoms with Crippen LogP contribution in [-0.2, 0) is 9.53 Å². The van der Waals surface area contributed by atoms with Crippen LogP contribution in [0.2, 0.25) is 0 Å². The predicted octanol–water partition coefficient (Wildman–Crippen LogP) is 3.71. The van der Waals surface area contributed by atoms with Gasteiger partial charge in [-0.15, -0.1) is 0 Å². The fourth-order valence-electron chi connectivity index (χ4n) is 1.25. The van der Waals surface area contributed by atoms with E-state index in [2.05, 4.69) is 16.3 Å². The highest BCUT2D eigenvalue weighted by Gasteiger charge is 2.37. The van der Waals surface area contributed by atoms with Crippen LogP contribution >= 0.6 is 11.6 Å². The molecule has 1 rings (SSSR count). The molecule has 0 fully saturated rings. The van der Waals surface area contributed by atoms with Gasteiger partial charge in [0.1, 0.15) is 5.71 Å². The summed E-state index contributed by atoms with van der Waals surface area (Å²) in [5.41, 5.74) is -1.24. The van der Waals surface area contributed by atoms with E-state index in [9.17, 15) is 13.6 Å². The molecule has 0 aliphatic rings. The number of carbonyl (C=O) groups excluding carboxylic acids is 1. The molecule has 0 saturated carbocycles. The van der Waals surface area contributed by atoms with E-state index < -0.39 is 22.6 Å². The van der Waals surface area contributed by atoms with E-state index in [1.165, 1.54) is 12.1 Å². The molecular formula is C13H12ClF2NO2. The number of hydrogen-bond acceptors (Lipinski definition) is 3. The summed E-state index contributed by atoms with van der Waals surface area (Å²) in [7, 11) is 0. The number of carbonyl (C=O) groups is 1. The quantitative estimate of drug-likeness (QED) is 0.358. The summed E-state index contributed by atoms with van der Waals surface area (Å²) in [5, 5.41) is -3.81. The van der Waals surface area contributed by atoms with Crippen molar-refractivity contribution in [1.29, 1.82) is 0 Å². The summed E-state index contributed by atoms with van der Waals surface area (Å²) in [6.07, 6.45) is 0. The van der Waals surface area contributed by atoms with Gasteiger partial charge in [-0.3, -0.25) is 0 Å². The molecule has 0 spiro atoms. The molecule has 3 nitrogen and oxygen atoms in total. The van der Waals surface area contributed by atoms with E-state index in [0.717, 1.165) is 0 Å². The standard InChI is InChI=1S/C13H12ClF2NO2/c1-3-19-12(18)9(2)11(13(14,15)16)17-10-7-5-4-6-8-10/h4-8H,2-3H2,1H3. The largest absolute Gasteiger partial charge is 0.462 e. The second kappa shape index (κ2) is 6.43. The molecule has 0 heterocycles. The van der Waals surface area contributed by atoms with Crippen molar-refractivity contribution in [3.8, 4) is 0 Å². The third-order valence-corrected chi connectivity index (χ3v) is 2.25. The molecular weight excluding hydrogens is 276 g/mol. The van der Waals surface area contributed by atoms with Crippen LogP contribution in [0.1, 0.15) is 6.92 Å². The molecule has 0 N–H and O–H groups in total. The second-order valence-electron chi connectivity index (χ2n) is 3.49. The minimum absolute atomic E-state index is 0.0460. The lowest BCUT2D eigenvalue weighted by Gasteiger charge is -2.13. The number of esters is 1. The van der Waals surface area contributed by atoms with Crippen LogP contribution in [0.5, 0.6) is 0 Å². The molecule has 6 heteroatoms. The first-order valence-corrected chi connectivity index (χ1v) is 5.81. The number of alkyl halides is 3. The van der Waals surface area contributed by atoms with Crippen LogP contribution < -0.4 is 0 Å². The monoisotopic (exact) mass is 287 g/mol. The van der Waals surface area contributed by atoms with E-state index in [0.29, 0.717) is 0 Å². The van der Waals surface area contributed by atoms with Gasteiger partial charge in [-0.25, -0.2) is 9.79 Å². The molecule has 0 saturated heterocycles. The van der Waals surface area contributed by atoms with E-state index in [1.807, 2.05) is 0 Å². The van der Waals surface area contributed by atoms with Gasteiger partial charge in [0.2, 0.25) is 0 Å². The van der Waals surface area contributed by atoms with Crippen molar-refractivity contribution in [3.05, 3.63) is 42.5 Å². The average molecular weight is 288 g/mol. The van der Waals surface area contributed by atoms with Gasteiger partial charge in [0.15, 0.2) is 0 Å². The van der Waals surface area contributed by atoms with Crippen LogP contribution in [0.25, 0.3) is 0 Å². The predicted molar refractivity (Wildman–Crippen MR) is 70.1 cm³/mol. The Bertz CT molecular complexity index is 495. The van der Waals surface area contributed by atoms with E-state index >= 15 is 0 Å². The van der Waals surface area contributed by atoms with E-state index in [1.54, 1.807) is 25.1 Å². The van der Waals surface area contributed by atoms with Crippen LogP contribution in [0, 0.1) is 0 Å². The van der Waals surface area contributed by atoms with Gasteiger partial charge in [-0.1, -0.05) is 24.8 Å². The number of ether oxygens (including phenoxy) is 1. The summed E-state index contributed by atoms with van der Waals surface area (Å²) in [6.45, 7) is 4.87. The molecule has 0 radical (unpaired) electrons. The Morgan fingerprint density at radius 1 is 1.42 bits per heavy atom. The molecule has 0 unspecified atom stereocenters.